The fourth-order valence-electron chi connectivity index (χ4n) is 2.98. The fraction of sp³-hybridized carbons (Fsp3) is 0.150. The first-order chi connectivity index (χ1) is 12.6. The highest BCUT2D eigenvalue weighted by Crippen LogP contribution is 2.32. The molecule has 5 nitrogen and oxygen atoms in total. The smallest absolute Gasteiger partial charge is 0.264 e. The Balaban J connectivity index is 2.03. The third-order valence-electron chi connectivity index (χ3n) is 4.33. The normalized spacial score (nSPS) is 12.8. The first kappa shape index (κ1) is 18.1. The van der Waals surface area contributed by atoms with E-state index in [1.165, 1.54) is 6.07 Å². The number of halogens is 1. The fourth-order valence-corrected chi connectivity index (χ4v) is 3.24. The van der Waals surface area contributed by atoms with E-state index < -0.39 is 0 Å². The van der Waals surface area contributed by atoms with E-state index in [2.05, 4.69) is 62.5 Å². The zero-order chi connectivity index (χ0) is 18.5. The van der Waals surface area contributed by atoms with Crippen LogP contribution < -0.4 is 5.56 Å². The number of benzene rings is 2. The van der Waals surface area contributed by atoms with Gasteiger partial charge < -0.3 is 5.21 Å². The Hall–Kier alpha value is -2.73. The summed E-state index contributed by atoms with van der Waals surface area (Å²) >= 11 is 3.47. The number of aryl methyl sites for hydroxylation is 1. The van der Waals surface area contributed by atoms with Gasteiger partial charge in [0.1, 0.15) is 11.4 Å². The molecule has 0 spiro atoms. The largest absolute Gasteiger partial charge is 0.411 e. The summed E-state index contributed by atoms with van der Waals surface area (Å²) in [5.41, 5.74) is 3.98. The lowest BCUT2D eigenvalue weighted by molar-refractivity contribution is 0.317. The molecule has 2 N–H and O–H groups in total. The van der Waals surface area contributed by atoms with Gasteiger partial charge in [0.15, 0.2) is 0 Å². The first-order valence-corrected chi connectivity index (χ1v) is 8.96. The quantitative estimate of drug-likeness (QED) is 0.374. The second-order valence-electron chi connectivity index (χ2n) is 6.02. The van der Waals surface area contributed by atoms with Crippen LogP contribution in [0, 0.1) is 6.92 Å². The SMILES string of the molecule is Cc1ccccc1C(C/C(=N/O)c1ccc(=O)[nH]n1)c1ccc(Br)cc1. The summed E-state index contributed by atoms with van der Waals surface area (Å²) in [4.78, 5) is 11.2. The van der Waals surface area contributed by atoms with Crippen LogP contribution in [0.25, 0.3) is 0 Å². The Morgan fingerprint density at radius 2 is 1.88 bits per heavy atom. The first-order valence-electron chi connectivity index (χ1n) is 8.16. The van der Waals surface area contributed by atoms with Crippen molar-refractivity contribution in [3.63, 3.8) is 0 Å². The van der Waals surface area contributed by atoms with Crippen LogP contribution in [-0.2, 0) is 0 Å². The summed E-state index contributed by atoms with van der Waals surface area (Å²) in [7, 11) is 0. The van der Waals surface area contributed by atoms with Gasteiger partial charge in [0.25, 0.3) is 5.56 Å². The highest BCUT2D eigenvalue weighted by Gasteiger charge is 2.21. The topological polar surface area (TPSA) is 78.3 Å². The molecular formula is C20H18BrN3O2. The van der Waals surface area contributed by atoms with Crippen LogP contribution in [0.2, 0.25) is 0 Å². The number of nitrogens with one attached hydrogen (secondary N) is 1. The van der Waals surface area contributed by atoms with E-state index in [9.17, 15) is 10.0 Å². The molecule has 0 amide bonds. The van der Waals surface area contributed by atoms with Crippen molar-refractivity contribution in [2.75, 3.05) is 0 Å². The molecule has 1 unspecified atom stereocenters. The lowest BCUT2D eigenvalue weighted by atomic mass is 9.84. The number of hydrogen-bond acceptors (Lipinski definition) is 4. The summed E-state index contributed by atoms with van der Waals surface area (Å²) < 4.78 is 1.00. The molecule has 1 aromatic heterocycles. The Kier molecular flexibility index (Phi) is 5.63. The van der Waals surface area contributed by atoms with Crippen LogP contribution in [0.4, 0.5) is 0 Å². The molecule has 3 aromatic rings. The van der Waals surface area contributed by atoms with Crippen LogP contribution in [-0.4, -0.2) is 21.1 Å². The minimum absolute atomic E-state index is 0.0103. The number of nitrogens with zero attached hydrogens (tertiary/aromatic N) is 2. The molecule has 1 atom stereocenters. The predicted octanol–water partition coefficient (Wildman–Crippen LogP) is 4.24. The number of aromatic amines is 1. The average Bonchev–Trinajstić information content (AvgIpc) is 2.66. The van der Waals surface area contributed by atoms with Crippen molar-refractivity contribution in [1.29, 1.82) is 0 Å². The van der Waals surface area contributed by atoms with E-state index in [-0.39, 0.29) is 11.5 Å². The molecule has 0 fully saturated rings. The maximum absolute atomic E-state index is 11.2. The van der Waals surface area contributed by atoms with E-state index in [0.29, 0.717) is 17.8 Å². The molecule has 132 valence electrons. The van der Waals surface area contributed by atoms with Gasteiger partial charge in [0.2, 0.25) is 0 Å². The van der Waals surface area contributed by atoms with Crippen LogP contribution in [0.15, 0.2) is 75.1 Å². The van der Waals surface area contributed by atoms with Crippen molar-refractivity contribution in [1.82, 2.24) is 10.2 Å². The van der Waals surface area contributed by atoms with Gasteiger partial charge in [-0.2, -0.15) is 5.10 Å². The molecule has 0 aliphatic rings. The Morgan fingerprint density at radius 1 is 1.15 bits per heavy atom. The van der Waals surface area contributed by atoms with Crippen LogP contribution >= 0.6 is 15.9 Å². The summed E-state index contributed by atoms with van der Waals surface area (Å²) in [5, 5.41) is 19.4. The van der Waals surface area contributed by atoms with Gasteiger partial charge in [-0.1, -0.05) is 57.5 Å². The molecule has 0 saturated carbocycles. The van der Waals surface area contributed by atoms with Gasteiger partial charge in [0.05, 0.1) is 0 Å². The van der Waals surface area contributed by atoms with Crippen LogP contribution in [0.1, 0.15) is 34.7 Å². The number of aromatic nitrogens is 2. The molecule has 0 aliphatic heterocycles. The summed E-state index contributed by atoms with van der Waals surface area (Å²) in [6, 6.07) is 19.2. The van der Waals surface area contributed by atoms with Gasteiger partial charge in [-0.15, -0.1) is 0 Å². The van der Waals surface area contributed by atoms with Gasteiger partial charge in [-0.25, -0.2) is 5.10 Å². The average molecular weight is 412 g/mol. The van der Waals surface area contributed by atoms with Crippen molar-refractivity contribution in [3.8, 4) is 0 Å². The van der Waals surface area contributed by atoms with Gasteiger partial charge >= 0.3 is 0 Å². The predicted molar refractivity (Wildman–Crippen MR) is 105 cm³/mol. The number of H-pyrrole nitrogens is 1. The minimum Gasteiger partial charge on any atom is -0.411 e. The number of oxime groups is 1. The standard InChI is InChI=1S/C20H18BrN3O2/c1-13-4-2-3-5-16(13)17(14-6-8-15(21)9-7-14)12-19(24-26)18-10-11-20(25)23-22-18/h2-11,17,26H,12H2,1H3,(H,23,25)/b24-19-. The van der Waals surface area contributed by atoms with E-state index in [1.807, 2.05) is 24.3 Å². The van der Waals surface area contributed by atoms with E-state index in [0.717, 1.165) is 21.2 Å². The van der Waals surface area contributed by atoms with Gasteiger partial charge in [-0.05, 0) is 41.8 Å². The molecule has 0 radical (unpaired) electrons. The molecular weight excluding hydrogens is 394 g/mol. The molecule has 1 heterocycles. The highest BCUT2D eigenvalue weighted by molar-refractivity contribution is 9.10. The van der Waals surface area contributed by atoms with E-state index in [1.54, 1.807) is 6.07 Å². The van der Waals surface area contributed by atoms with Crippen molar-refractivity contribution in [3.05, 3.63) is 97.9 Å². The number of hydrogen-bond donors (Lipinski definition) is 2. The van der Waals surface area contributed by atoms with Gasteiger partial charge in [0, 0.05) is 22.9 Å². The number of rotatable bonds is 5. The highest BCUT2D eigenvalue weighted by atomic mass is 79.9. The second-order valence-corrected chi connectivity index (χ2v) is 6.93. The zero-order valence-corrected chi connectivity index (χ0v) is 15.8. The molecule has 26 heavy (non-hydrogen) atoms. The van der Waals surface area contributed by atoms with E-state index >= 15 is 0 Å². The van der Waals surface area contributed by atoms with Crippen molar-refractivity contribution >= 4 is 21.6 Å². The third kappa shape index (κ3) is 4.08. The van der Waals surface area contributed by atoms with Gasteiger partial charge in [-0.3, -0.25) is 4.79 Å². The van der Waals surface area contributed by atoms with Crippen LogP contribution in [0.3, 0.4) is 0 Å². The molecule has 6 heteroatoms. The van der Waals surface area contributed by atoms with Crippen molar-refractivity contribution < 1.29 is 5.21 Å². The van der Waals surface area contributed by atoms with Crippen molar-refractivity contribution in [2.45, 2.75) is 19.3 Å². The zero-order valence-electron chi connectivity index (χ0n) is 14.2. The summed E-state index contributed by atoms with van der Waals surface area (Å²) in [6.45, 7) is 2.06. The summed E-state index contributed by atoms with van der Waals surface area (Å²) in [6.07, 6.45) is 0.446. The third-order valence-corrected chi connectivity index (χ3v) is 4.86. The van der Waals surface area contributed by atoms with Crippen molar-refractivity contribution in [2.24, 2.45) is 5.16 Å². The molecule has 0 saturated heterocycles. The molecule has 0 aliphatic carbocycles. The monoisotopic (exact) mass is 411 g/mol. The second kappa shape index (κ2) is 8.10. The minimum atomic E-state index is -0.297. The van der Waals surface area contributed by atoms with Crippen LogP contribution in [0.5, 0.6) is 0 Å². The Morgan fingerprint density at radius 3 is 2.50 bits per heavy atom. The maximum atomic E-state index is 11.2. The molecule has 3 rings (SSSR count). The lowest BCUT2D eigenvalue weighted by Gasteiger charge is -2.20. The maximum Gasteiger partial charge on any atom is 0.264 e. The lowest BCUT2D eigenvalue weighted by Crippen LogP contribution is -2.16. The Labute approximate surface area is 159 Å². The Bertz CT molecular complexity index is 960. The summed E-state index contributed by atoms with van der Waals surface area (Å²) in [5.74, 6) is -0.0103. The van der Waals surface area contributed by atoms with E-state index in [4.69, 9.17) is 0 Å². The molecule has 2 aromatic carbocycles. The molecule has 0 bridgehead atoms.